The summed E-state index contributed by atoms with van der Waals surface area (Å²) in [4.78, 5) is 11.8. The maximum absolute atomic E-state index is 5.96. The molecule has 2 atom stereocenters. The van der Waals surface area contributed by atoms with Gasteiger partial charge in [0.05, 0.1) is 30.6 Å². The number of pyridine rings is 1. The Labute approximate surface area is 160 Å². The fourth-order valence-electron chi connectivity index (χ4n) is 4.30. The average Bonchev–Trinajstić information content (AvgIpc) is 3.23. The first-order valence-electron chi connectivity index (χ1n) is 9.87. The van der Waals surface area contributed by atoms with Crippen molar-refractivity contribution in [2.24, 2.45) is 4.99 Å². The second-order valence-corrected chi connectivity index (χ2v) is 7.92. The summed E-state index contributed by atoms with van der Waals surface area (Å²) in [7, 11) is 0. The fraction of sp³-hybridized carbons (Fsp3) is 0.455. The monoisotopic (exact) mass is 363 g/mol. The highest BCUT2D eigenvalue weighted by atomic mass is 16.5. The molecular weight excluding hydrogens is 338 g/mol. The molecule has 0 radical (unpaired) electrons. The van der Waals surface area contributed by atoms with Crippen LogP contribution in [0.4, 0.5) is 5.82 Å². The number of aliphatic imine (C=N–C) groups is 1. The van der Waals surface area contributed by atoms with Gasteiger partial charge in [-0.3, -0.25) is 4.99 Å². The topological polar surface area (TPSA) is 47.0 Å². The van der Waals surface area contributed by atoms with Crippen molar-refractivity contribution in [3.8, 4) is 5.75 Å². The van der Waals surface area contributed by atoms with Gasteiger partial charge in [-0.05, 0) is 56.5 Å². The van der Waals surface area contributed by atoms with Crippen molar-refractivity contribution in [2.45, 2.75) is 51.5 Å². The van der Waals surface area contributed by atoms with Gasteiger partial charge >= 0.3 is 0 Å². The summed E-state index contributed by atoms with van der Waals surface area (Å²) >= 11 is 0. The van der Waals surface area contributed by atoms with E-state index in [-0.39, 0.29) is 6.10 Å². The van der Waals surface area contributed by atoms with Crippen LogP contribution in [0.15, 0.2) is 41.5 Å². The van der Waals surface area contributed by atoms with E-state index in [1.165, 1.54) is 24.0 Å². The highest BCUT2D eigenvalue weighted by Gasteiger charge is 2.34. The summed E-state index contributed by atoms with van der Waals surface area (Å²) < 4.78 is 11.8. The van der Waals surface area contributed by atoms with Crippen LogP contribution in [0.3, 0.4) is 0 Å². The molecule has 0 aliphatic carbocycles. The van der Waals surface area contributed by atoms with Gasteiger partial charge in [0.25, 0.3) is 0 Å². The van der Waals surface area contributed by atoms with Gasteiger partial charge < -0.3 is 14.4 Å². The molecule has 2 aromatic rings. The average molecular weight is 363 g/mol. The molecule has 3 aliphatic heterocycles. The Hall–Kier alpha value is -2.40. The molecule has 0 spiro atoms. The minimum Gasteiger partial charge on any atom is -0.491 e. The number of morpholine rings is 1. The van der Waals surface area contributed by atoms with Crippen molar-refractivity contribution < 1.29 is 9.47 Å². The van der Waals surface area contributed by atoms with Crippen LogP contribution in [-0.2, 0) is 11.3 Å². The minimum absolute atomic E-state index is 0.161. The number of benzene rings is 1. The Balaban J connectivity index is 1.44. The zero-order valence-electron chi connectivity index (χ0n) is 15.9. The number of nitrogens with zero attached hydrogens (tertiary/aromatic N) is 3. The third-order valence-corrected chi connectivity index (χ3v) is 5.50. The number of hydrogen-bond acceptors (Lipinski definition) is 5. The second-order valence-electron chi connectivity index (χ2n) is 7.92. The molecule has 27 heavy (non-hydrogen) atoms. The molecule has 140 valence electrons. The van der Waals surface area contributed by atoms with Crippen LogP contribution in [-0.4, -0.2) is 42.1 Å². The van der Waals surface area contributed by atoms with Crippen molar-refractivity contribution >= 4 is 11.5 Å². The molecule has 5 rings (SSSR count). The standard InChI is InChI=1S/C22H25N3O2/c1-14(2)26-17-4-3-16-11-24-22(20(16)10-17)15-7-8-23-21(9-15)25-12-18-5-6-19(13-25)27-18/h3-4,7-10,14,18-19H,5-6,11-13H2,1-2H3. The summed E-state index contributed by atoms with van der Waals surface area (Å²) in [6.45, 7) is 6.69. The van der Waals surface area contributed by atoms with Gasteiger partial charge in [0.2, 0.25) is 0 Å². The van der Waals surface area contributed by atoms with Crippen molar-refractivity contribution in [1.82, 2.24) is 4.98 Å². The summed E-state index contributed by atoms with van der Waals surface area (Å²) in [6, 6.07) is 10.5. The zero-order chi connectivity index (χ0) is 18.4. The van der Waals surface area contributed by atoms with Crippen molar-refractivity contribution in [1.29, 1.82) is 0 Å². The first-order chi connectivity index (χ1) is 13.2. The number of rotatable bonds is 4. The molecular formula is C22H25N3O2. The molecule has 2 fully saturated rings. The van der Waals surface area contributed by atoms with Crippen molar-refractivity contribution in [3.63, 3.8) is 0 Å². The number of fused-ring (bicyclic) bond motifs is 3. The van der Waals surface area contributed by atoms with Gasteiger partial charge in [-0.15, -0.1) is 0 Å². The van der Waals surface area contributed by atoms with E-state index in [2.05, 4.69) is 34.1 Å². The Bertz CT molecular complexity index is 881. The molecule has 5 heteroatoms. The Morgan fingerprint density at radius 3 is 2.70 bits per heavy atom. The third kappa shape index (κ3) is 3.21. The summed E-state index contributed by atoms with van der Waals surface area (Å²) in [5.41, 5.74) is 4.59. The van der Waals surface area contributed by atoms with E-state index in [9.17, 15) is 0 Å². The Morgan fingerprint density at radius 1 is 1.11 bits per heavy atom. The molecule has 2 bridgehead atoms. The number of aromatic nitrogens is 1. The lowest BCUT2D eigenvalue weighted by atomic mass is 10.0. The Morgan fingerprint density at radius 2 is 1.93 bits per heavy atom. The van der Waals surface area contributed by atoms with Crippen LogP contribution in [0.1, 0.15) is 43.4 Å². The largest absolute Gasteiger partial charge is 0.491 e. The van der Waals surface area contributed by atoms with E-state index < -0.39 is 0 Å². The molecule has 4 heterocycles. The van der Waals surface area contributed by atoms with Gasteiger partial charge in [-0.25, -0.2) is 4.98 Å². The van der Waals surface area contributed by atoms with E-state index in [0.717, 1.165) is 42.5 Å². The Kier molecular flexibility index (Phi) is 4.12. The SMILES string of the molecule is CC(C)Oc1ccc2c(c1)C(c1ccnc(N3CC4CCC(C3)O4)c1)=NC2. The molecule has 0 saturated carbocycles. The minimum atomic E-state index is 0.161. The van der Waals surface area contributed by atoms with Crippen LogP contribution >= 0.6 is 0 Å². The lowest BCUT2D eigenvalue weighted by Gasteiger charge is -2.33. The third-order valence-electron chi connectivity index (χ3n) is 5.50. The van der Waals surface area contributed by atoms with E-state index >= 15 is 0 Å². The van der Waals surface area contributed by atoms with Crippen molar-refractivity contribution in [3.05, 3.63) is 53.2 Å². The first-order valence-corrected chi connectivity index (χ1v) is 9.87. The van der Waals surface area contributed by atoms with E-state index in [4.69, 9.17) is 14.5 Å². The van der Waals surface area contributed by atoms with Crippen LogP contribution in [0.5, 0.6) is 5.75 Å². The number of ether oxygens (including phenoxy) is 2. The van der Waals surface area contributed by atoms with E-state index in [0.29, 0.717) is 12.2 Å². The van der Waals surface area contributed by atoms with E-state index in [1.807, 2.05) is 26.1 Å². The molecule has 0 amide bonds. The van der Waals surface area contributed by atoms with Crippen LogP contribution in [0.2, 0.25) is 0 Å². The van der Waals surface area contributed by atoms with Gasteiger partial charge in [-0.1, -0.05) is 6.07 Å². The highest BCUT2D eigenvalue weighted by molar-refractivity contribution is 6.15. The maximum atomic E-state index is 5.96. The smallest absolute Gasteiger partial charge is 0.129 e. The van der Waals surface area contributed by atoms with Gasteiger partial charge in [0.1, 0.15) is 11.6 Å². The lowest BCUT2D eigenvalue weighted by molar-refractivity contribution is 0.0302. The maximum Gasteiger partial charge on any atom is 0.129 e. The normalized spacial score (nSPS) is 23.5. The molecule has 2 unspecified atom stereocenters. The number of anilines is 1. The molecule has 0 N–H and O–H groups in total. The first kappa shape index (κ1) is 16.8. The van der Waals surface area contributed by atoms with Crippen LogP contribution < -0.4 is 9.64 Å². The van der Waals surface area contributed by atoms with Crippen molar-refractivity contribution in [2.75, 3.05) is 18.0 Å². The molecule has 2 saturated heterocycles. The second kappa shape index (κ2) is 6.64. The summed E-state index contributed by atoms with van der Waals surface area (Å²) in [5, 5.41) is 0. The summed E-state index contributed by atoms with van der Waals surface area (Å²) in [5.74, 6) is 1.93. The predicted molar refractivity (Wildman–Crippen MR) is 106 cm³/mol. The fourth-order valence-corrected chi connectivity index (χ4v) is 4.30. The molecule has 1 aromatic heterocycles. The van der Waals surface area contributed by atoms with Crippen LogP contribution in [0.25, 0.3) is 0 Å². The predicted octanol–water partition coefficient (Wildman–Crippen LogP) is 3.59. The quantitative estimate of drug-likeness (QED) is 0.833. The highest BCUT2D eigenvalue weighted by Crippen LogP contribution is 2.31. The lowest BCUT2D eigenvalue weighted by Crippen LogP contribution is -2.43. The molecule has 3 aliphatic rings. The van der Waals surface area contributed by atoms with Gasteiger partial charge in [-0.2, -0.15) is 0 Å². The summed E-state index contributed by atoms with van der Waals surface area (Å²) in [6.07, 6.45) is 5.11. The van der Waals surface area contributed by atoms with Gasteiger partial charge in [0.15, 0.2) is 0 Å². The van der Waals surface area contributed by atoms with Gasteiger partial charge in [0, 0.05) is 30.4 Å². The zero-order valence-corrected chi connectivity index (χ0v) is 15.9. The molecule has 1 aromatic carbocycles. The number of hydrogen-bond donors (Lipinski definition) is 0. The van der Waals surface area contributed by atoms with E-state index in [1.54, 1.807) is 0 Å². The van der Waals surface area contributed by atoms with Crippen LogP contribution in [0, 0.1) is 0 Å². The molecule has 5 nitrogen and oxygen atoms in total.